The van der Waals surface area contributed by atoms with Crippen LogP contribution in [0.2, 0.25) is 15.1 Å². The molecule has 0 bridgehead atoms. The average molecular weight is 521 g/mol. The Labute approximate surface area is 208 Å². The van der Waals surface area contributed by atoms with Crippen LogP contribution < -0.4 is 15.5 Å². The van der Waals surface area contributed by atoms with Crippen molar-refractivity contribution in [3.63, 3.8) is 0 Å². The number of hydrogen-bond acceptors (Lipinski definition) is 4. The summed E-state index contributed by atoms with van der Waals surface area (Å²) < 4.78 is 0. The predicted molar refractivity (Wildman–Crippen MR) is 131 cm³/mol. The first-order valence-electron chi connectivity index (χ1n) is 9.43. The summed E-state index contributed by atoms with van der Waals surface area (Å²) in [5, 5.41) is 6.25. The van der Waals surface area contributed by atoms with E-state index in [1.165, 1.54) is 18.2 Å². The molecule has 0 spiro atoms. The fourth-order valence-electron chi connectivity index (χ4n) is 3.11. The Kier molecular flexibility index (Phi) is 6.63. The van der Waals surface area contributed by atoms with E-state index in [-0.39, 0.29) is 21.3 Å². The van der Waals surface area contributed by atoms with Gasteiger partial charge in [-0.15, -0.1) is 0 Å². The maximum atomic E-state index is 12.9. The van der Waals surface area contributed by atoms with E-state index in [1.54, 1.807) is 48.5 Å². The highest BCUT2D eigenvalue weighted by molar-refractivity contribution is 6.53. The fraction of sp³-hybridized carbons (Fsp3) is 0. The molecule has 3 amide bonds. The largest absolute Gasteiger partial charge is 0.350 e. The molecular weight excluding hydrogens is 508 g/mol. The third kappa shape index (κ3) is 4.70. The summed E-state index contributed by atoms with van der Waals surface area (Å²) in [4.78, 5) is 39.1. The number of anilines is 3. The Hall–Kier alpha value is -3.03. The number of nitrogens with zero attached hydrogens (tertiary/aromatic N) is 1. The van der Waals surface area contributed by atoms with Crippen molar-refractivity contribution in [2.45, 2.75) is 0 Å². The first-order chi connectivity index (χ1) is 15.8. The van der Waals surface area contributed by atoms with Crippen LogP contribution in [0.15, 0.2) is 77.5 Å². The second-order valence-corrected chi connectivity index (χ2v) is 8.47. The lowest BCUT2D eigenvalue weighted by atomic mass is 10.1. The van der Waals surface area contributed by atoms with Gasteiger partial charge >= 0.3 is 0 Å². The maximum Gasteiger partial charge on any atom is 0.283 e. The van der Waals surface area contributed by atoms with Gasteiger partial charge < -0.3 is 10.6 Å². The SMILES string of the molecule is O=C(Nc1cccc(Cl)c1Cl)c1cccc(NC2=C(Cl)C(=O)N(c3ccc(Cl)cc3)C2=O)c1. The molecule has 1 aliphatic rings. The van der Waals surface area contributed by atoms with Crippen LogP contribution >= 0.6 is 46.4 Å². The maximum absolute atomic E-state index is 12.9. The molecule has 166 valence electrons. The van der Waals surface area contributed by atoms with Gasteiger partial charge in [0, 0.05) is 16.3 Å². The van der Waals surface area contributed by atoms with Gasteiger partial charge in [0.15, 0.2) is 0 Å². The zero-order valence-electron chi connectivity index (χ0n) is 16.5. The molecule has 3 aromatic rings. The van der Waals surface area contributed by atoms with E-state index in [9.17, 15) is 14.4 Å². The van der Waals surface area contributed by atoms with Crippen molar-refractivity contribution in [1.29, 1.82) is 0 Å². The summed E-state index contributed by atoms with van der Waals surface area (Å²) in [7, 11) is 0. The van der Waals surface area contributed by atoms with Crippen molar-refractivity contribution >= 4 is 81.2 Å². The van der Waals surface area contributed by atoms with E-state index >= 15 is 0 Å². The summed E-state index contributed by atoms with van der Waals surface area (Å²) in [6.45, 7) is 0. The van der Waals surface area contributed by atoms with Crippen LogP contribution in [-0.2, 0) is 9.59 Å². The number of imide groups is 1. The molecule has 1 aliphatic heterocycles. The molecule has 10 heteroatoms. The molecule has 0 aromatic heterocycles. The number of halogens is 4. The predicted octanol–water partition coefficient (Wildman–Crippen LogP) is 6.33. The lowest BCUT2D eigenvalue weighted by Crippen LogP contribution is -2.32. The molecule has 4 rings (SSSR count). The highest BCUT2D eigenvalue weighted by Crippen LogP contribution is 2.32. The minimum absolute atomic E-state index is 0.105. The molecule has 0 saturated heterocycles. The number of rotatable bonds is 5. The lowest BCUT2D eigenvalue weighted by Gasteiger charge is -2.15. The summed E-state index contributed by atoms with van der Waals surface area (Å²) in [5.41, 5.74) is 1.24. The summed E-state index contributed by atoms with van der Waals surface area (Å²) >= 11 is 24.2. The molecule has 0 aliphatic carbocycles. The van der Waals surface area contributed by atoms with Crippen LogP contribution in [0, 0.1) is 0 Å². The van der Waals surface area contributed by atoms with Gasteiger partial charge in [-0.3, -0.25) is 14.4 Å². The smallest absolute Gasteiger partial charge is 0.283 e. The third-order valence-corrected chi connectivity index (χ3v) is 6.13. The van der Waals surface area contributed by atoms with Crippen molar-refractivity contribution in [3.8, 4) is 0 Å². The molecule has 0 atom stereocenters. The Morgan fingerprint density at radius 2 is 1.52 bits per heavy atom. The number of carbonyl (C=O) groups excluding carboxylic acids is 3. The Bertz CT molecular complexity index is 1320. The topological polar surface area (TPSA) is 78.5 Å². The number of carbonyl (C=O) groups is 3. The third-order valence-electron chi connectivity index (χ3n) is 4.71. The standard InChI is InChI=1S/C23H13Cl4N3O3/c24-13-7-9-15(10-8-13)30-22(32)19(27)20(23(30)33)28-14-4-1-3-12(11-14)21(31)29-17-6-2-5-16(25)18(17)26/h1-11,28H,(H,29,31). The number of amides is 3. The van der Waals surface area contributed by atoms with E-state index in [2.05, 4.69) is 10.6 Å². The first kappa shape index (κ1) is 23.1. The first-order valence-corrected chi connectivity index (χ1v) is 10.9. The van der Waals surface area contributed by atoms with Gasteiger partial charge in [-0.25, -0.2) is 4.90 Å². The van der Waals surface area contributed by atoms with E-state index in [4.69, 9.17) is 46.4 Å². The molecule has 6 nitrogen and oxygen atoms in total. The Morgan fingerprint density at radius 1 is 0.818 bits per heavy atom. The van der Waals surface area contributed by atoms with Crippen LogP contribution in [0.3, 0.4) is 0 Å². The summed E-state index contributed by atoms with van der Waals surface area (Å²) in [6, 6.07) is 17.4. The molecule has 0 unspecified atom stereocenters. The van der Waals surface area contributed by atoms with Gasteiger partial charge in [-0.2, -0.15) is 0 Å². The van der Waals surface area contributed by atoms with Gasteiger partial charge in [0.2, 0.25) is 0 Å². The van der Waals surface area contributed by atoms with Gasteiger partial charge in [-0.1, -0.05) is 58.5 Å². The monoisotopic (exact) mass is 519 g/mol. The van der Waals surface area contributed by atoms with Crippen LogP contribution in [0.4, 0.5) is 17.1 Å². The van der Waals surface area contributed by atoms with Crippen LogP contribution in [-0.4, -0.2) is 17.7 Å². The highest BCUT2D eigenvalue weighted by atomic mass is 35.5. The number of hydrogen-bond donors (Lipinski definition) is 2. The number of benzene rings is 3. The van der Waals surface area contributed by atoms with Gasteiger partial charge in [0.1, 0.15) is 10.7 Å². The van der Waals surface area contributed by atoms with Gasteiger partial charge in [0.05, 0.1) is 21.4 Å². The van der Waals surface area contributed by atoms with Crippen molar-refractivity contribution < 1.29 is 14.4 Å². The molecule has 0 radical (unpaired) electrons. The molecule has 33 heavy (non-hydrogen) atoms. The normalized spacial score (nSPS) is 13.5. The van der Waals surface area contributed by atoms with Crippen LogP contribution in [0.25, 0.3) is 0 Å². The van der Waals surface area contributed by atoms with Crippen molar-refractivity contribution in [2.75, 3.05) is 15.5 Å². The summed E-state index contributed by atoms with van der Waals surface area (Å²) in [6.07, 6.45) is 0. The van der Waals surface area contributed by atoms with E-state index in [0.717, 1.165) is 4.90 Å². The zero-order chi connectivity index (χ0) is 23.7. The lowest BCUT2D eigenvalue weighted by molar-refractivity contribution is -0.120. The van der Waals surface area contributed by atoms with E-state index in [0.29, 0.717) is 27.1 Å². The molecule has 0 fully saturated rings. The summed E-state index contributed by atoms with van der Waals surface area (Å²) in [5.74, 6) is -1.75. The quantitative estimate of drug-likeness (QED) is 0.385. The second kappa shape index (κ2) is 9.45. The Balaban J connectivity index is 1.55. The van der Waals surface area contributed by atoms with Crippen LogP contribution in [0.5, 0.6) is 0 Å². The second-order valence-electron chi connectivity index (χ2n) is 6.87. The zero-order valence-corrected chi connectivity index (χ0v) is 19.6. The number of nitrogens with one attached hydrogen (secondary N) is 2. The highest BCUT2D eigenvalue weighted by Gasteiger charge is 2.39. The Morgan fingerprint density at radius 3 is 2.24 bits per heavy atom. The molecule has 1 heterocycles. The van der Waals surface area contributed by atoms with Crippen molar-refractivity contribution in [3.05, 3.63) is 98.1 Å². The molecule has 3 aromatic carbocycles. The van der Waals surface area contributed by atoms with Crippen molar-refractivity contribution in [2.24, 2.45) is 0 Å². The van der Waals surface area contributed by atoms with E-state index < -0.39 is 17.7 Å². The minimum Gasteiger partial charge on any atom is -0.350 e. The van der Waals surface area contributed by atoms with Crippen molar-refractivity contribution in [1.82, 2.24) is 0 Å². The molecular formula is C23H13Cl4N3O3. The molecule has 2 N–H and O–H groups in total. The van der Waals surface area contributed by atoms with Gasteiger partial charge in [0.25, 0.3) is 17.7 Å². The van der Waals surface area contributed by atoms with E-state index in [1.807, 2.05) is 0 Å². The minimum atomic E-state index is -0.670. The van der Waals surface area contributed by atoms with Crippen LogP contribution in [0.1, 0.15) is 10.4 Å². The fourth-order valence-corrected chi connectivity index (χ4v) is 3.80. The molecule has 0 saturated carbocycles. The average Bonchev–Trinajstić information content (AvgIpc) is 3.01. The van der Waals surface area contributed by atoms with Gasteiger partial charge in [-0.05, 0) is 54.6 Å².